The third kappa shape index (κ3) is 5.58. The minimum atomic E-state index is -0.251. The molecule has 4 heteroatoms. The van der Waals surface area contributed by atoms with Crippen LogP contribution >= 0.6 is 0 Å². The Morgan fingerprint density at radius 1 is 1.19 bits per heavy atom. The van der Waals surface area contributed by atoms with Gasteiger partial charge in [0.15, 0.2) is 0 Å². The fourth-order valence-electron chi connectivity index (χ4n) is 2.21. The number of para-hydroxylation sites is 1. The van der Waals surface area contributed by atoms with E-state index in [2.05, 4.69) is 12.2 Å². The second-order valence-electron chi connectivity index (χ2n) is 6.20. The van der Waals surface area contributed by atoms with Gasteiger partial charge in [-0.05, 0) is 38.8 Å². The van der Waals surface area contributed by atoms with E-state index in [0.29, 0.717) is 13.0 Å². The zero-order valence-corrected chi connectivity index (χ0v) is 13.7. The first-order valence-corrected chi connectivity index (χ1v) is 7.41. The van der Waals surface area contributed by atoms with E-state index in [0.717, 1.165) is 17.7 Å². The first-order valence-electron chi connectivity index (χ1n) is 7.41. The van der Waals surface area contributed by atoms with Gasteiger partial charge in [-0.1, -0.05) is 25.1 Å². The van der Waals surface area contributed by atoms with Crippen molar-refractivity contribution in [3.8, 4) is 0 Å². The van der Waals surface area contributed by atoms with Crippen molar-refractivity contribution in [3.63, 3.8) is 0 Å². The van der Waals surface area contributed by atoms with Gasteiger partial charge in [0.25, 0.3) is 0 Å². The molecule has 0 aromatic heterocycles. The summed E-state index contributed by atoms with van der Waals surface area (Å²) in [5.74, 6) is -0.0813. The number of anilines is 1. The van der Waals surface area contributed by atoms with Gasteiger partial charge in [0.2, 0.25) is 11.8 Å². The van der Waals surface area contributed by atoms with Crippen LogP contribution in [0.3, 0.4) is 0 Å². The molecule has 0 saturated heterocycles. The Morgan fingerprint density at radius 2 is 1.81 bits per heavy atom. The molecule has 1 rings (SSSR count). The second kappa shape index (κ2) is 7.25. The summed E-state index contributed by atoms with van der Waals surface area (Å²) < 4.78 is 0. The molecule has 21 heavy (non-hydrogen) atoms. The van der Waals surface area contributed by atoms with Crippen molar-refractivity contribution in [2.45, 2.75) is 53.0 Å². The van der Waals surface area contributed by atoms with Crippen molar-refractivity contribution in [1.29, 1.82) is 0 Å². The molecule has 0 bridgehead atoms. The molecule has 1 aromatic rings. The molecule has 0 aliphatic rings. The maximum atomic E-state index is 11.9. The lowest BCUT2D eigenvalue weighted by Crippen LogP contribution is -2.42. The minimum Gasteiger partial charge on any atom is -0.351 e. The van der Waals surface area contributed by atoms with Crippen LogP contribution in [0, 0.1) is 0 Å². The molecule has 116 valence electrons. The van der Waals surface area contributed by atoms with Gasteiger partial charge in [0, 0.05) is 31.1 Å². The molecule has 1 aromatic carbocycles. The number of hydrogen-bond acceptors (Lipinski definition) is 2. The summed E-state index contributed by atoms with van der Waals surface area (Å²) in [5, 5.41) is 2.92. The Labute approximate surface area is 127 Å². The van der Waals surface area contributed by atoms with Gasteiger partial charge in [-0.3, -0.25) is 9.59 Å². The van der Waals surface area contributed by atoms with Crippen molar-refractivity contribution < 1.29 is 9.59 Å². The number of amides is 2. The van der Waals surface area contributed by atoms with Crippen molar-refractivity contribution in [1.82, 2.24) is 5.32 Å². The fourth-order valence-corrected chi connectivity index (χ4v) is 2.21. The van der Waals surface area contributed by atoms with Gasteiger partial charge in [0.1, 0.15) is 0 Å². The smallest absolute Gasteiger partial charge is 0.223 e. The SMILES string of the molecule is CCc1ccccc1N(CCC(=O)NC(C)(C)C)C(C)=O. The van der Waals surface area contributed by atoms with Gasteiger partial charge in [0.05, 0.1) is 0 Å². The highest BCUT2D eigenvalue weighted by Crippen LogP contribution is 2.21. The minimum absolute atomic E-state index is 0.0391. The molecule has 0 aliphatic heterocycles. The maximum absolute atomic E-state index is 11.9. The summed E-state index contributed by atoms with van der Waals surface area (Å²) in [4.78, 5) is 25.5. The van der Waals surface area contributed by atoms with Crippen molar-refractivity contribution in [2.75, 3.05) is 11.4 Å². The van der Waals surface area contributed by atoms with Gasteiger partial charge >= 0.3 is 0 Å². The van der Waals surface area contributed by atoms with E-state index in [1.807, 2.05) is 45.0 Å². The Kier molecular flexibility index (Phi) is 5.94. The Hall–Kier alpha value is -1.84. The number of nitrogens with one attached hydrogen (secondary N) is 1. The summed E-state index contributed by atoms with van der Waals surface area (Å²) in [7, 11) is 0. The van der Waals surface area contributed by atoms with Gasteiger partial charge < -0.3 is 10.2 Å². The predicted molar refractivity (Wildman–Crippen MR) is 86.4 cm³/mol. The van der Waals surface area contributed by atoms with Gasteiger partial charge in [-0.15, -0.1) is 0 Å². The summed E-state index contributed by atoms with van der Waals surface area (Å²) in [6.07, 6.45) is 1.16. The van der Waals surface area contributed by atoms with Crippen LogP contribution in [0.1, 0.15) is 46.6 Å². The largest absolute Gasteiger partial charge is 0.351 e. The van der Waals surface area contributed by atoms with E-state index in [9.17, 15) is 9.59 Å². The van der Waals surface area contributed by atoms with Crippen LogP contribution in [0.4, 0.5) is 5.69 Å². The van der Waals surface area contributed by atoms with E-state index in [1.54, 1.807) is 4.90 Å². The second-order valence-corrected chi connectivity index (χ2v) is 6.20. The van der Waals surface area contributed by atoms with Crippen LogP contribution in [0.15, 0.2) is 24.3 Å². The number of nitrogens with zero attached hydrogens (tertiary/aromatic N) is 1. The summed E-state index contributed by atoms with van der Waals surface area (Å²) in [6.45, 7) is 9.83. The molecular formula is C17H26N2O2. The summed E-state index contributed by atoms with van der Waals surface area (Å²) >= 11 is 0. The third-order valence-corrected chi connectivity index (χ3v) is 3.12. The third-order valence-electron chi connectivity index (χ3n) is 3.12. The van der Waals surface area contributed by atoms with Crippen LogP contribution in [-0.2, 0) is 16.0 Å². The van der Waals surface area contributed by atoms with E-state index in [-0.39, 0.29) is 17.4 Å². The zero-order chi connectivity index (χ0) is 16.0. The van der Waals surface area contributed by atoms with Crippen molar-refractivity contribution in [3.05, 3.63) is 29.8 Å². The molecule has 0 saturated carbocycles. The summed E-state index contributed by atoms with van der Waals surface area (Å²) in [5.41, 5.74) is 1.76. The lowest BCUT2D eigenvalue weighted by molar-refractivity contribution is -0.122. The maximum Gasteiger partial charge on any atom is 0.223 e. The molecular weight excluding hydrogens is 264 g/mol. The number of carbonyl (C=O) groups excluding carboxylic acids is 2. The molecule has 1 N–H and O–H groups in total. The highest BCUT2D eigenvalue weighted by Gasteiger charge is 2.18. The first-order chi connectivity index (χ1) is 9.74. The van der Waals surface area contributed by atoms with Crippen LogP contribution in [0.5, 0.6) is 0 Å². The Bertz CT molecular complexity index is 504. The standard InChI is InChI=1S/C17H26N2O2/c1-6-14-9-7-8-10-15(14)19(13(2)20)12-11-16(21)18-17(3,4)5/h7-10H,6,11-12H2,1-5H3,(H,18,21). The van der Waals surface area contributed by atoms with Crippen LogP contribution in [0.25, 0.3) is 0 Å². The molecule has 0 atom stereocenters. The average Bonchev–Trinajstić information content (AvgIpc) is 2.37. The average molecular weight is 290 g/mol. The number of rotatable bonds is 5. The molecule has 0 fully saturated rings. The van der Waals surface area contributed by atoms with Crippen LogP contribution in [0.2, 0.25) is 0 Å². The highest BCUT2D eigenvalue weighted by molar-refractivity contribution is 5.93. The van der Waals surface area contributed by atoms with Crippen molar-refractivity contribution >= 4 is 17.5 Å². The quantitative estimate of drug-likeness (QED) is 0.906. The van der Waals surface area contributed by atoms with Crippen LogP contribution < -0.4 is 10.2 Å². The Balaban J connectivity index is 2.80. The summed E-state index contributed by atoms with van der Waals surface area (Å²) in [6, 6.07) is 7.83. The number of aryl methyl sites for hydroxylation is 1. The normalized spacial score (nSPS) is 11.1. The Morgan fingerprint density at radius 3 is 2.33 bits per heavy atom. The van der Waals surface area contributed by atoms with E-state index in [4.69, 9.17) is 0 Å². The van der Waals surface area contributed by atoms with Crippen molar-refractivity contribution in [2.24, 2.45) is 0 Å². The fraction of sp³-hybridized carbons (Fsp3) is 0.529. The monoisotopic (exact) mass is 290 g/mol. The van der Waals surface area contributed by atoms with E-state index in [1.165, 1.54) is 6.92 Å². The van der Waals surface area contributed by atoms with Gasteiger partial charge in [-0.2, -0.15) is 0 Å². The molecule has 2 amide bonds. The van der Waals surface area contributed by atoms with Gasteiger partial charge in [-0.25, -0.2) is 0 Å². The predicted octanol–water partition coefficient (Wildman–Crippen LogP) is 2.91. The van der Waals surface area contributed by atoms with E-state index < -0.39 is 0 Å². The molecule has 0 spiro atoms. The highest BCUT2D eigenvalue weighted by atomic mass is 16.2. The number of benzene rings is 1. The first kappa shape index (κ1) is 17.2. The van der Waals surface area contributed by atoms with Crippen LogP contribution in [-0.4, -0.2) is 23.9 Å². The zero-order valence-electron chi connectivity index (χ0n) is 13.7. The van der Waals surface area contributed by atoms with E-state index >= 15 is 0 Å². The lowest BCUT2D eigenvalue weighted by atomic mass is 10.1. The molecule has 0 radical (unpaired) electrons. The molecule has 0 unspecified atom stereocenters. The lowest BCUT2D eigenvalue weighted by Gasteiger charge is -2.25. The topological polar surface area (TPSA) is 49.4 Å². The molecule has 0 heterocycles. The number of carbonyl (C=O) groups is 2. The molecule has 0 aliphatic carbocycles. The number of hydrogen-bond donors (Lipinski definition) is 1. The molecule has 4 nitrogen and oxygen atoms in total.